The Morgan fingerprint density at radius 3 is 2.30 bits per heavy atom. The normalized spacial score (nSPS) is 22.0. The number of allylic oxidation sites excluding steroid dienone is 1. The van der Waals surface area contributed by atoms with Crippen LogP contribution in [0.3, 0.4) is 0 Å². The van der Waals surface area contributed by atoms with Crippen molar-refractivity contribution in [1.82, 2.24) is 10.2 Å². The number of aliphatic hydroxyl groups is 2. The Morgan fingerprint density at radius 2 is 1.59 bits per heavy atom. The van der Waals surface area contributed by atoms with Crippen molar-refractivity contribution < 1.29 is 43.8 Å². The Kier molecular flexibility index (Phi) is 20.5. The van der Waals surface area contributed by atoms with Crippen molar-refractivity contribution in [3.8, 4) is 11.5 Å². The molecule has 4 aromatic carbocycles. The highest BCUT2D eigenvalue weighted by Gasteiger charge is 2.66. The summed E-state index contributed by atoms with van der Waals surface area (Å²) in [5, 5.41) is 41.7. The van der Waals surface area contributed by atoms with Gasteiger partial charge in [0.25, 0.3) is 5.69 Å². The molecule has 3 N–H and O–H groups in total. The quantitative estimate of drug-likeness (QED) is 0.0190. The van der Waals surface area contributed by atoms with Crippen LogP contribution in [0.2, 0.25) is 0 Å². The van der Waals surface area contributed by atoms with Gasteiger partial charge >= 0.3 is 6.09 Å². The third kappa shape index (κ3) is 13.9. The van der Waals surface area contributed by atoms with E-state index >= 15 is 4.79 Å². The molecule has 8 rings (SSSR count). The summed E-state index contributed by atoms with van der Waals surface area (Å²) in [5.41, 5.74) is 4.01. The van der Waals surface area contributed by atoms with E-state index in [2.05, 4.69) is 49.2 Å². The van der Waals surface area contributed by atoms with Crippen LogP contribution in [0, 0.1) is 33.8 Å². The number of carbonyl (C=O) groups excluding carboxylic acids is 2. The van der Waals surface area contributed by atoms with E-state index in [1.54, 1.807) is 24.3 Å². The molecule has 0 bridgehead atoms. The lowest BCUT2D eigenvalue weighted by molar-refractivity contribution is -0.384. The van der Waals surface area contributed by atoms with Gasteiger partial charge in [0.2, 0.25) is 11.7 Å². The highest BCUT2D eigenvalue weighted by atomic mass is 16.7. The second kappa shape index (κ2) is 27.8. The van der Waals surface area contributed by atoms with Crippen LogP contribution in [0.4, 0.5) is 10.5 Å². The molecule has 76 heavy (non-hydrogen) atoms. The number of oxime groups is 1. The molecule has 0 radical (unpaired) electrons. The number of nitrogens with one attached hydrogen (secondary N) is 1. The third-order valence-corrected chi connectivity index (χ3v) is 16.0. The van der Waals surface area contributed by atoms with Gasteiger partial charge in [0.05, 0.1) is 23.2 Å². The molecule has 2 amide bonds. The molecule has 1 aliphatic heterocycles. The number of aliphatic hydroxyl groups excluding tert-OH is 2. The zero-order chi connectivity index (χ0) is 53.3. The molecule has 0 spiro atoms. The van der Waals surface area contributed by atoms with E-state index in [0.29, 0.717) is 42.2 Å². The highest BCUT2D eigenvalue weighted by molar-refractivity contribution is 6.03. The van der Waals surface area contributed by atoms with Crippen molar-refractivity contribution in [2.75, 3.05) is 26.4 Å². The van der Waals surface area contributed by atoms with Gasteiger partial charge in [0.15, 0.2) is 0 Å². The fourth-order valence-corrected chi connectivity index (χ4v) is 12.1. The number of non-ortho nitro benzene ring substituents is 1. The first-order chi connectivity index (χ1) is 37.2. The number of ether oxygens (including phenoxy) is 3. The zero-order valence-electron chi connectivity index (χ0n) is 44.6. The molecule has 14 nitrogen and oxygen atoms in total. The maximum Gasteiger partial charge on any atom is 0.412 e. The smallest absolute Gasteiger partial charge is 0.412 e. The molecule has 1 heterocycles. The van der Waals surface area contributed by atoms with E-state index in [0.717, 1.165) is 85.3 Å². The van der Waals surface area contributed by atoms with E-state index in [4.69, 9.17) is 24.2 Å². The van der Waals surface area contributed by atoms with Crippen LogP contribution in [0.5, 0.6) is 11.5 Å². The summed E-state index contributed by atoms with van der Waals surface area (Å²) in [5.74, 6) is -1.67. The molecule has 408 valence electrons. The molecule has 4 aliphatic rings. The molecule has 6 atom stereocenters. The summed E-state index contributed by atoms with van der Waals surface area (Å²) in [7, 11) is 0. The number of nitrogens with zero attached hydrogens (tertiary/aromatic N) is 3. The van der Waals surface area contributed by atoms with Crippen molar-refractivity contribution in [2.24, 2.45) is 28.8 Å². The van der Waals surface area contributed by atoms with Gasteiger partial charge in [-0.3, -0.25) is 14.9 Å². The van der Waals surface area contributed by atoms with Crippen molar-refractivity contribution in [3.05, 3.63) is 136 Å². The topological polar surface area (TPSA) is 182 Å². The van der Waals surface area contributed by atoms with E-state index in [-0.39, 0.29) is 74.7 Å². The van der Waals surface area contributed by atoms with Crippen molar-refractivity contribution >= 4 is 34.2 Å². The average molecular weight is 1040 g/mol. The second-order valence-electron chi connectivity index (χ2n) is 21.3. The number of fused-ring (bicyclic) bond motifs is 3. The zero-order valence-corrected chi connectivity index (χ0v) is 44.6. The number of amides is 2. The predicted octanol–water partition coefficient (Wildman–Crippen LogP) is 13.0. The highest BCUT2D eigenvalue weighted by Crippen LogP contribution is 2.62. The van der Waals surface area contributed by atoms with Crippen molar-refractivity contribution in [1.29, 1.82) is 0 Å². The maximum absolute atomic E-state index is 15.3. The number of hydrogen-bond acceptors (Lipinski definition) is 11. The summed E-state index contributed by atoms with van der Waals surface area (Å²) in [6.45, 7) is 7.39. The summed E-state index contributed by atoms with van der Waals surface area (Å²) in [4.78, 5) is 48.1. The third-order valence-electron chi connectivity index (χ3n) is 16.0. The minimum absolute atomic E-state index is 0.00814. The van der Waals surface area contributed by atoms with Gasteiger partial charge in [0, 0.05) is 62.3 Å². The number of benzene rings is 4. The minimum atomic E-state index is -1.48. The monoisotopic (exact) mass is 1040 g/mol. The van der Waals surface area contributed by atoms with Crippen LogP contribution in [0.1, 0.15) is 152 Å². The summed E-state index contributed by atoms with van der Waals surface area (Å²) in [6.07, 6.45) is 21.5. The molecule has 0 saturated heterocycles. The lowest BCUT2D eigenvalue weighted by Crippen LogP contribution is -2.70. The number of nitro groups is 1. The van der Waals surface area contributed by atoms with Gasteiger partial charge in [0.1, 0.15) is 24.1 Å². The molecule has 14 heteroatoms. The lowest BCUT2D eigenvalue weighted by Gasteiger charge is -2.60. The number of hydrogen-bond donors (Lipinski definition) is 3. The van der Waals surface area contributed by atoms with Crippen LogP contribution in [-0.2, 0) is 27.5 Å². The fraction of sp³-hybridized carbons (Fsp3) is 0.532. The molecular weight excluding hydrogens is 961 g/mol. The second-order valence-corrected chi connectivity index (χ2v) is 21.3. The number of rotatable bonds is 31. The fourth-order valence-electron chi connectivity index (χ4n) is 12.1. The Balaban J connectivity index is 1.20. The average Bonchev–Trinajstić information content (AvgIpc) is 4.32. The molecule has 3 aliphatic carbocycles. The first-order valence-electron chi connectivity index (χ1n) is 28.4. The summed E-state index contributed by atoms with van der Waals surface area (Å²) >= 11 is 0. The Hall–Kier alpha value is -6.09. The van der Waals surface area contributed by atoms with Gasteiger partial charge in [-0.15, -0.1) is 6.58 Å². The summed E-state index contributed by atoms with van der Waals surface area (Å²) in [6, 6.07) is 25.4. The van der Waals surface area contributed by atoms with E-state index in [1.807, 2.05) is 35.2 Å². The van der Waals surface area contributed by atoms with Crippen molar-refractivity contribution in [2.45, 2.75) is 160 Å². The SMILES string of the molecule is C=CCO[C@@]12Oc3ccc(OC(=O)NCCCCCCCCCCCC)cc3[C@H]3[C@H](CCCCO)[C@@H](CCCCO)C=C(C(=NOCc4ccc([N+](=O)[O-])cc4)C[C@@H]1N(Cc1cccc4ccccc14)C(=O)C1CC1)[C@H]32. The maximum atomic E-state index is 15.3. The van der Waals surface area contributed by atoms with Gasteiger partial charge in [-0.1, -0.05) is 137 Å². The van der Waals surface area contributed by atoms with Gasteiger partial charge in [-0.05, 0) is 115 Å². The molecular formula is C62H80N4O10. The van der Waals surface area contributed by atoms with Gasteiger partial charge in [-0.25, -0.2) is 4.79 Å². The molecule has 0 unspecified atom stereocenters. The molecule has 4 aromatic rings. The van der Waals surface area contributed by atoms with Gasteiger partial charge in [-0.2, -0.15) is 0 Å². The van der Waals surface area contributed by atoms with Gasteiger partial charge < -0.3 is 39.5 Å². The lowest BCUT2D eigenvalue weighted by atomic mass is 9.55. The first-order valence-corrected chi connectivity index (χ1v) is 28.4. The van der Waals surface area contributed by atoms with E-state index in [1.165, 1.54) is 57.1 Å². The Bertz CT molecular complexity index is 2630. The summed E-state index contributed by atoms with van der Waals surface area (Å²) < 4.78 is 20.8. The predicted molar refractivity (Wildman–Crippen MR) is 296 cm³/mol. The minimum Gasteiger partial charge on any atom is -0.459 e. The van der Waals surface area contributed by atoms with Crippen LogP contribution < -0.4 is 14.8 Å². The van der Waals surface area contributed by atoms with Crippen LogP contribution >= 0.6 is 0 Å². The molecule has 2 saturated carbocycles. The number of unbranched alkanes of at least 4 members (excludes halogenated alkanes) is 11. The van der Waals surface area contributed by atoms with Crippen LogP contribution in [0.25, 0.3) is 10.8 Å². The van der Waals surface area contributed by atoms with E-state index < -0.39 is 28.8 Å². The Labute approximate surface area is 449 Å². The standard InChI is InChI=1S/C62H80N4O10/c1-3-5-6-7-8-9-10-11-12-17-35-63-61(70)75-50-33-34-56-54(40-50)58-52(26-16-19-37-68)47(22-15-18-36-67)39-53-55(64-74-43-44-27-31-49(32-28-44)66(71)72)41-57(62(76-56,59(53)58)73-38-4-2)65(60(69)46-29-30-46)42-48-24-20-23-45-21-13-14-25-51(45)48/h4,13-14,20-21,23-25,27-28,31-34,39-40,46-47,52,57-59,67-68H,2-3,5-12,15-19,22,26,29-30,35-38,41-43H2,1H3,(H,63,70)/t47-,52+,57-,58+,59+,62+/m0/s1. The number of carbonyl (C=O) groups is 2. The van der Waals surface area contributed by atoms with E-state index in [9.17, 15) is 25.1 Å². The largest absolute Gasteiger partial charge is 0.459 e. The van der Waals surface area contributed by atoms with Crippen LogP contribution in [0.15, 0.2) is 114 Å². The Morgan fingerprint density at radius 1 is 0.882 bits per heavy atom. The molecule has 2 fully saturated rings. The van der Waals surface area contributed by atoms with Crippen LogP contribution in [-0.4, -0.2) is 75.9 Å². The molecule has 0 aromatic heterocycles. The van der Waals surface area contributed by atoms with Crippen molar-refractivity contribution in [3.63, 3.8) is 0 Å². The number of nitro benzene ring substituents is 1. The first kappa shape index (κ1) is 56.1.